The Bertz CT molecular complexity index is 2000. The first-order chi connectivity index (χ1) is 25.3. The summed E-state index contributed by atoms with van der Waals surface area (Å²) in [6.45, 7) is 8.63. The molecule has 0 aliphatic carbocycles. The van der Waals surface area contributed by atoms with E-state index in [-0.39, 0.29) is 13.6 Å². The van der Waals surface area contributed by atoms with Crippen molar-refractivity contribution in [1.82, 2.24) is 0 Å². The fourth-order valence-corrected chi connectivity index (χ4v) is 11.7. The van der Waals surface area contributed by atoms with Crippen LogP contribution in [-0.2, 0) is 0 Å². The lowest BCUT2D eigenvalue weighted by Gasteiger charge is -2.28. The topological polar surface area (TPSA) is 55.4 Å². The summed E-state index contributed by atoms with van der Waals surface area (Å²) in [6.07, 6.45) is 0. The van der Waals surface area contributed by atoms with Gasteiger partial charge in [0.15, 0.2) is 23.0 Å². The highest BCUT2D eigenvalue weighted by Gasteiger charge is 2.38. The van der Waals surface area contributed by atoms with E-state index in [9.17, 15) is 0 Å². The molecular weight excluding hydrogens is 686 g/mol. The largest absolute Gasteiger partial charge is 0.493 e. The Balaban J connectivity index is 1.51. The van der Waals surface area contributed by atoms with Crippen LogP contribution in [0.3, 0.4) is 0 Å². The zero-order valence-corrected chi connectivity index (χ0v) is 31.9. The molecule has 8 heteroatoms. The summed E-state index contributed by atoms with van der Waals surface area (Å²) < 4.78 is 37.5. The lowest BCUT2D eigenvalue weighted by molar-refractivity contribution is 0.170. The molecule has 0 aromatic heterocycles. The van der Waals surface area contributed by atoms with E-state index in [1.165, 1.54) is 43.5 Å². The summed E-state index contributed by atoms with van der Waals surface area (Å²) in [5.74, 6) is 3.67. The molecule has 0 amide bonds. The van der Waals surface area contributed by atoms with Crippen molar-refractivity contribution in [3.63, 3.8) is 0 Å². The summed E-state index contributed by atoms with van der Waals surface area (Å²) in [6, 6.07) is 39.7. The van der Waals surface area contributed by atoms with E-state index in [0.29, 0.717) is 34.5 Å². The van der Waals surface area contributed by atoms with Gasteiger partial charge >= 0.3 is 0 Å². The number of methoxy groups -OCH3 is 2. The first-order valence-corrected chi connectivity index (χ1v) is 19.9. The molecule has 6 nitrogen and oxygen atoms in total. The third-order valence-corrected chi connectivity index (χ3v) is 14.4. The average Bonchev–Trinajstić information content (AvgIpc) is 3.86. The van der Waals surface area contributed by atoms with Crippen LogP contribution in [0.1, 0.15) is 22.3 Å². The van der Waals surface area contributed by atoms with Crippen LogP contribution in [0.2, 0.25) is 0 Å². The maximum absolute atomic E-state index is 6.51. The van der Waals surface area contributed by atoms with Gasteiger partial charge in [-0.15, -0.1) is 0 Å². The quantitative estimate of drug-likeness (QED) is 0.143. The minimum absolute atomic E-state index is 0.0743. The highest BCUT2D eigenvalue weighted by molar-refractivity contribution is 7.80. The molecule has 0 N–H and O–H groups in total. The Morgan fingerprint density at radius 1 is 0.404 bits per heavy atom. The second-order valence-electron chi connectivity index (χ2n) is 13.1. The predicted molar refractivity (Wildman–Crippen MR) is 214 cm³/mol. The lowest BCUT2D eigenvalue weighted by Crippen LogP contribution is -2.26. The van der Waals surface area contributed by atoms with Crippen molar-refractivity contribution in [2.75, 3.05) is 27.8 Å². The Hall–Kier alpha value is -5.02. The van der Waals surface area contributed by atoms with Gasteiger partial charge in [-0.25, -0.2) is 0 Å². The van der Waals surface area contributed by atoms with E-state index in [1.54, 1.807) is 14.2 Å². The number of benzene rings is 6. The van der Waals surface area contributed by atoms with E-state index in [0.717, 1.165) is 21.7 Å². The monoisotopic (exact) mass is 726 g/mol. The molecule has 2 heterocycles. The molecule has 0 spiro atoms. The van der Waals surface area contributed by atoms with Crippen molar-refractivity contribution < 1.29 is 28.4 Å². The zero-order chi connectivity index (χ0) is 35.9. The van der Waals surface area contributed by atoms with Crippen LogP contribution in [-0.4, -0.2) is 27.8 Å². The number of hydrogen-bond donors (Lipinski definition) is 0. The van der Waals surface area contributed by atoms with Crippen LogP contribution < -0.4 is 60.2 Å². The first kappa shape index (κ1) is 34.1. The summed E-state index contributed by atoms with van der Waals surface area (Å²) in [7, 11) is 1.07. The molecule has 262 valence electrons. The van der Waals surface area contributed by atoms with E-state index < -0.39 is 15.8 Å². The molecule has 0 saturated carbocycles. The normalized spacial score (nSPS) is 12.8. The zero-order valence-electron chi connectivity index (χ0n) is 30.2. The summed E-state index contributed by atoms with van der Waals surface area (Å²) in [5.41, 5.74) is 6.63. The molecule has 8 rings (SSSR count). The molecule has 6 aromatic rings. The van der Waals surface area contributed by atoms with Gasteiger partial charge in [-0.1, -0.05) is 119 Å². The molecule has 0 fully saturated rings. The maximum Gasteiger partial charge on any atom is 0.231 e. The van der Waals surface area contributed by atoms with E-state index >= 15 is 0 Å². The third kappa shape index (κ3) is 6.15. The van der Waals surface area contributed by atoms with Gasteiger partial charge in [-0.3, -0.25) is 0 Å². The van der Waals surface area contributed by atoms with Crippen molar-refractivity contribution in [2.24, 2.45) is 0 Å². The van der Waals surface area contributed by atoms with Gasteiger partial charge in [-0.2, -0.15) is 0 Å². The molecule has 2 aliphatic rings. The predicted octanol–water partition coefficient (Wildman–Crippen LogP) is 7.58. The Labute approximate surface area is 307 Å². The minimum atomic E-state index is -1.15. The van der Waals surface area contributed by atoms with Gasteiger partial charge < -0.3 is 28.4 Å². The molecular formula is C44H40O6P2. The Morgan fingerprint density at radius 3 is 0.942 bits per heavy atom. The lowest BCUT2D eigenvalue weighted by atomic mass is 10.0. The number of hydrogen-bond acceptors (Lipinski definition) is 6. The highest BCUT2D eigenvalue weighted by Crippen LogP contribution is 2.57. The van der Waals surface area contributed by atoms with Crippen LogP contribution in [0.15, 0.2) is 109 Å². The van der Waals surface area contributed by atoms with Crippen LogP contribution in [0.25, 0.3) is 11.1 Å². The third-order valence-electron chi connectivity index (χ3n) is 9.52. The van der Waals surface area contributed by atoms with Crippen LogP contribution >= 0.6 is 15.8 Å². The number of ether oxygens (including phenoxy) is 6. The molecule has 0 bridgehead atoms. The maximum atomic E-state index is 6.51. The highest BCUT2D eigenvalue weighted by atomic mass is 31.1. The molecule has 52 heavy (non-hydrogen) atoms. The van der Waals surface area contributed by atoms with Crippen molar-refractivity contribution in [3.8, 4) is 45.6 Å². The number of fused-ring (bicyclic) bond motifs is 2. The smallest absolute Gasteiger partial charge is 0.231 e. The van der Waals surface area contributed by atoms with Gasteiger partial charge in [0.2, 0.25) is 25.1 Å². The van der Waals surface area contributed by atoms with Gasteiger partial charge in [0.25, 0.3) is 0 Å². The molecule has 0 unspecified atom stereocenters. The first-order valence-electron chi connectivity index (χ1n) is 17.2. The Kier molecular flexibility index (Phi) is 9.30. The fraction of sp³-hybridized carbons (Fsp3) is 0.182. The average molecular weight is 727 g/mol. The van der Waals surface area contributed by atoms with Crippen molar-refractivity contribution in [3.05, 3.63) is 131 Å². The van der Waals surface area contributed by atoms with Gasteiger partial charge in [0.05, 0.1) is 14.2 Å². The Morgan fingerprint density at radius 2 is 0.673 bits per heavy atom. The standard InChI is InChI=1S/C44H40O6P2/c1-27-7-15-31(16-8-27)51(32-17-9-28(2)10-18-32)37-23-35(45-5)41-43(49-25-47-41)39(37)40-38(24-36(46-6)42-44(40)50-26-48-42)52(33-19-11-29(3)12-20-33)34-21-13-30(4)14-22-34/h7-24H,25-26H2,1-6H3. The SMILES string of the molecule is COc1cc(P(c2ccc(C)cc2)c2ccc(C)cc2)c(-c2c(P(c3ccc(C)cc3)c3ccc(C)cc3)cc(OC)c3c2OCO3)c2c1OCO2. The summed E-state index contributed by atoms with van der Waals surface area (Å²) in [4.78, 5) is 0. The van der Waals surface area contributed by atoms with Gasteiger partial charge in [0.1, 0.15) is 0 Å². The summed E-state index contributed by atoms with van der Waals surface area (Å²) >= 11 is 0. The molecule has 0 saturated heterocycles. The molecule has 0 radical (unpaired) electrons. The van der Waals surface area contributed by atoms with E-state index in [1.807, 2.05) is 0 Å². The van der Waals surface area contributed by atoms with E-state index in [4.69, 9.17) is 28.4 Å². The van der Waals surface area contributed by atoms with Crippen LogP contribution in [0, 0.1) is 27.7 Å². The minimum Gasteiger partial charge on any atom is -0.493 e. The van der Waals surface area contributed by atoms with Gasteiger partial charge in [0, 0.05) is 21.7 Å². The molecule has 2 aliphatic heterocycles. The molecule has 6 aromatic carbocycles. The number of rotatable bonds is 9. The van der Waals surface area contributed by atoms with Crippen LogP contribution in [0.4, 0.5) is 0 Å². The van der Waals surface area contributed by atoms with Gasteiger partial charge in [-0.05, 0) is 76.9 Å². The van der Waals surface area contributed by atoms with E-state index in [2.05, 4.69) is 137 Å². The fourth-order valence-electron chi connectivity index (χ4n) is 6.82. The second-order valence-corrected chi connectivity index (χ2v) is 17.5. The van der Waals surface area contributed by atoms with Crippen molar-refractivity contribution >= 4 is 47.7 Å². The molecule has 0 atom stereocenters. The number of aryl methyl sites for hydroxylation is 4. The summed E-state index contributed by atoms with van der Waals surface area (Å²) in [5, 5.41) is 6.95. The van der Waals surface area contributed by atoms with Crippen molar-refractivity contribution in [1.29, 1.82) is 0 Å². The van der Waals surface area contributed by atoms with Crippen LogP contribution in [0.5, 0.6) is 34.5 Å². The van der Waals surface area contributed by atoms with Crippen molar-refractivity contribution in [2.45, 2.75) is 27.7 Å². The second kappa shape index (κ2) is 14.2.